The number of epoxide rings is 1. The summed E-state index contributed by atoms with van der Waals surface area (Å²) in [7, 11) is 0. The highest BCUT2D eigenvalue weighted by molar-refractivity contribution is 5.49. The summed E-state index contributed by atoms with van der Waals surface area (Å²) in [4.78, 5) is 10.7. The number of benzene rings is 2. The minimum Gasteiger partial charge on any atom is -0.482 e. The molecule has 0 spiro atoms. The van der Waals surface area contributed by atoms with E-state index >= 15 is 0 Å². The molecule has 0 radical (unpaired) electrons. The molecule has 1 heterocycles. The molecule has 0 aromatic heterocycles. The van der Waals surface area contributed by atoms with Crippen molar-refractivity contribution in [2.75, 3.05) is 6.61 Å². The van der Waals surface area contributed by atoms with Gasteiger partial charge < -0.3 is 9.47 Å². The van der Waals surface area contributed by atoms with E-state index in [4.69, 9.17) is 9.47 Å². The highest BCUT2D eigenvalue weighted by Gasteiger charge is 2.28. The third kappa shape index (κ3) is 2.78. The quantitative estimate of drug-likeness (QED) is 0.475. The van der Waals surface area contributed by atoms with Crippen LogP contribution >= 0.6 is 0 Å². The van der Waals surface area contributed by atoms with Gasteiger partial charge in [0.2, 0.25) is 0 Å². The molecule has 1 aliphatic rings. The number of nitro benzene ring substituents is 1. The number of nitrogens with zero attached hydrogens (tertiary/aromatic N) is 1. The Bertz CT molecular complexity index is 623. The lowest BCUT2D eigenvalue weighted by atomic mass is 10.1. The van der Waals surface area contributed by atoms with Gasteiger partial charge in [-0.25, -0.2) is 0 Å². The van der Waals surface area contributed by atoms with Crippen molar-refractivity contribution in [2.24, 2.45) is 0 Å². The Morgan fingerprint density at radius 2 is 2.00 bits per heavy atom. The van der Waals surface area contributed by atoms with E-state index < -0.39 is 4.92 Å². The molecule has 1 fully saturated rings. The zero-order chi connectivity index (χ0) is 13.9. The summed E-state index contributed by atoms with van der Waals surface area (Å²) in [6, 6.07) is 14.5. The fraction of sp³-hybridized carbons (Fsp3) is 0.200. The molecule has 5 nitrogen and oxygen atoms in total. The lowest BCUT2D eigenvalue weighted by Gasteiger charge is -2.07. The van der Waals surface area contributed by atoms with Crippen molar-refractivity contribution < 1.29 is 14.4 Å². The molecule has 2 aromatic carbocycles. The van der Waals surface area contributed by atoms with Crippen LogP contribution in [0.3, 0.4) is 0 Å². The van der Waals surface area contributed by atoms with E-state index in [0.29, 0.717) is 13.2 Å². The fourth-order valence-electron chi connectivity index (χ4n) is 1.98. The average Bonchev–Trinajstić information content (AvgIpc) is 3.30. The number of hydrogen-bond donors (Lipinski definition) is 0. The van der Waals surface area contributed by atoms with Crippen molar-refractivity contribution in [2.45, 2.75) is 12.7 Å². The molecule has 0 saturated carbocycles. The summed E-state index contributed by atoms with van der Waals surface area (Å²) in [5.41, 5.74) is 1.77. The first-order valence-electron chi connectivity index (χ1n) is 6.31. The van der Waals surface area contributed by atoms with Crippen LogP contribution in [0.5, 0.6) is 5.75 Å². The van der Waals surface area contributed by atoms with Gasteiger partial charge in [0.1, 0.15) is 12.7 Å². The second-order valence-corrected chi connectivity index (χ2v) is 4.58. The third-order valence-electron chi connectivity index (χ3n) is 3.12. The van der Waals surface area contributed by atoms with Gasteiger partial charge in [-0.1, -0.05) is 36.4 Å². The van der Waals surface area contributed by atoms with Gasteiger partial charge in [-0.2, -0.15) is 0 Å². The Balaban J connectivity index is 1.79. The van der Waals surface area contributed by atoms with Crippen molar-refractivity contribution in [1.29, 1.82) is 0 Å². The summed E-state index contributed by atoms with van der Waals surface area (Å²) in [6.07, 6.45) is -0.00290. The van der Waals surface area contributed by atoms with Crippen molar-refractivity contribution >= 4 is 5.69 Å². The Labute approximate surface area is 115 Å². The van der Waals surface area contributed by atoms with Crippen LogP contribution in [0, 0.1) is 10.1 Å². The van der Waals surface area contributed by atoms with Crippen LogP contribution in [0.4, 0.5) is 5.69 Å². The number of nitro groups is 1. The maximum atomic E-state index is 11.1. The van der Waals surface area contributed by atoms with Gasteiger partial charge in [0, 0.05) is 6.07 Å². The summed E-state index contributed by atoms with van der Waals surface area (Å²) in [5.74, 6) is 0.281. The van der Waals surface area contributed by atoms with Crippen LogP contribution in [0.1, 0.15) is 17.2 Å². The maximum Gasteiger partial charge on any atom is 0.311 e. The lowest BCUT2D eigenvalue weighted by Crippen LogP contribution is -1.99. The molecular formula is C15H13NO4. The smallest absolute Gasteiger partial charge is 0.311 e. The fourth-order valence-corrected chi connectivity index (χ4v) is 1.98. The standard InChI is InChI=1S/C15H13NO4/c17-16(18)13-8-12(15-10-20-15)6-7-14(13)19-9-11-4-2-1-3-5-11/h1-8,15H,9-10H2/t15-/m1/s1. The van der Waals surface area contributed by atoms with Gasteiger partial charge in [0.25, 0.3) is 0 Å². The molecule has 102 valence electrons. The highest BCUT2D eigenvalue weighted by atomic mass is 16.6. The Hall–Kier alpha value is -2.40. The van der Waals surface area contributed by atoms with Gasteiger partial charge >= 0.3 is 5.69 Å². The summed E-state index contributed by atoms with van der Waals surface area (Å²) in [5, 5.41) is 11.1. The van der Waals surface area contributed by atoms with Crippen LogP contribution in [-0.2, 0) is 11.3 Å². The minimum atomic E-state index is -0.424. The van der Waals surface area contributed by atoms with Crippen molar-refractivity contribution in [1.82, 2.24) is 0 Å². The normalized spacial score (nSPS) is 16.7. The van der Waals surface area contributed by atoms with Crippen molar-refractivity contribution in [3.8, 4) is 5.75 Å². The molecule has 2 aromatic rings. The van der Waals surface area contributed by atoms with Crippen LogP contribution in [-0.4, -0.2) is 11.5 Å². The second-order valence-electron chi connectivity index (χ2n) is 4.58. The highest BCUT2D eigenvalue weighted by Crippen LogP contribution is 2.36. The van der Waals surface area contributed by atoms with Crippen molar-refractivity contribution in [3.05, 3.63) is 69.8 Å². The molecule has 5 heteroatoms. The van der Waals surface area contributed by atoms with Crippen LogP contribution in [0.2, 0.25) is 0 Å². The predicted molar refractivity (Wildman–Crippen MR) is 72.6 cm³/mol. The Morgan fingerprint density at radius 1 is 1.25 bits per heavy atom. The van der Waals surface area contributed by atoms with E-state index in [-0.39, 0.29) is 17.5 Å². The predicted octanol–water partition coefficient (Wildman–Crippen LogP) is 3.25. The van der Waals surface area contributed by atoms with Gasteiger partial charge in [0.05, 0.1) is 11.5 Å². The van der Waals surface area contributed by atoms with Crippen molar-refractivity contribution in [3.63, 3.8) is 0 Å². The number of hydrogen-bond acceptors (Lipinski definition) is 4. The molecule has 20 heavy (non-hydrogen) atoms. The summed E-state index contributed by atoms with van der Waals surface area (Å²) < 4.78 is 10.7. The van der Waals surface area contributed by atoms with E-state index in [9.17, 15) is 10.1 Å². The van der Waals surface area contributed by atoms with E-state index in [1.807, 2.05) is 36.4 Å². The number of ether oxygens (including phenoxy) is 2. The van der Waals surface area contributed by atoms with Crippen LogP contribution < -0.4 is 4.74 Å². The minimum absolute atomic E-state index is 0.00290. The molecular weight excluding hydrogens is 258 g/mol. The second kappa shape index (κ2) is 5.30. The summed E-state index contributed by atoms with van der Waals surface area (Å²) >= 11 is 0. The average molecular weight is 271 g/mol. The van der Waals surface area contributed by atoms with Crippen LogP contribution in [0.25, 0.3) is 0 Å². The summed E-state index contributed by atoms with van der Waals surface area (Å²) in [6.45, 7) is 0.933. The monoisotopic (exact) mass is 271 g/mol. The largest absolute Gasteiger partial charge is 0.482 e. The van der Waals surface area contributed by atoms with E-state index in [2.05, 4.69) is 0 Å². The Morgan fingerprint density at radius 3 is 2.65 bits per heavy atom. The maximum absolute atomic E-state index is 11.1. The molecule has 3 rings (SSSR count). The molecule has 0 bridgehead atoms. The number of rotatable bonds is 5. The zero-order valence-corrected chi connectivity index (χ0v) is 10.7. The topological polar surface area (TPSA) is 64.9 Å². The first-order chi connectivity index (χ1) is 9.74. The van der Waals surface area contributed by atoms with E-state index in [0.717, 1.165) is 11.1 Å². The molecule has 0 aliphatic carbocycles. The Kier molecular flexibility index (Phi) is 3.35. The van der Waals surface area contributed by atoms with Gasteiger partial charge in [-0.3, -0.25) is 10.1 Å². The zero-order valence-electron chi connectivity index (χ0n) is 10.7. The molecule has 0 N–H and O–H groups in total. The van der Waals surface area contributed by atoms with Gasteiger partial charge in [0.15, 0.2) is 5.75 Å². The molecule has 0 amide bonds. The van der Waals surface area contributed by atoms with Gasteiger partial charge in [-0.15, -0.1) is 0 Å². The first-order valence-corrected chi connectivity index (χ1v) is 6.31. The molecule has 1 saturated heterocycles. The third-order valence-corrected chi connectivity index (χ3v) is 3.12. The van der Waals surface area contributed by atoms with Gasteiger partial charge in [-0.05, 0) is 17.2 Å². The molecule has 1 atom stereocenters. The molecule has 1 aliphatic heterocycles. The van der Waals surface area contributed by atoms with E-state index in [1.165, 1.54) is 6.07 Å². The first kappa shape index (κ1) is 12.6. The lowest BCUT2D eigenvalue weighted by molar-refractivity contribution is -0.386. The SMILES string of the molecule is O=[N+]([O-])c1cc([C@H]2CO2)ccc1OCc1ccccc1. The van der Waals surface area contributed by atoms with E-state index in [1.54, 1.807) is 6.07 Å². The molecule has 0 unspecified atom stereocenters. The van der Waals surface area contributed by atoms with Crippen LogP contribution in [0.15, 0.2) is 48.5 Å².